The SMILES string of the molecule is Fc1cc(OCc2ccc(C(F)(F)F)cc2)ccc1I. The molecule has 0 aliphatic carbocycles. The van der Waals surface area contributed by atoms with E-state index in [1.165, 1.54) is 18.2 Å². The monoisotopic (exact) mass is 396 g/mol. The summed E-state index contributed by atoms with van der Waals surface area (Å²) in [7, 11) is 0. The minimum Gasteiger partial charge on any atom is -0.489 e. The molecule has 0 aliphatic heterocycles. The summed E-state index contributed by atoms with van der Waals surface area (Å²) in [5, 5.41) is 0. The Balaban J connectivity index is 2.02. The Kier molecular flexibility index (Phi) is 4.52. The molecule has 0 fully saturated rings. The van der Waals surface area contributed by atoms with Crippen LogP contribution in [0.3, 0.4) is 0 Å². The minimum atomic E-state index is -4.35. The molecular formula is C14H9F4IO. The van der Waals surface area contributed by atoms with Crippen molar-refractivity contribution in [3.8, 4) is 5.75 Å². The zero-order chi connectivity index (χ0) is 14.8. The molecule has 2 aromatic rings. The summed E-state index contributed by atoms with van der Waals surface area (Å²) in [6, 6.07) is 9.08. The average Bonchev–Trinajstić information content (AvgIpc) is 2.40. The minimum absolute atomic E-state index is 0.0815. The quantitative estimate of drug-likeness (QED) is 0.523. The van der Waals surface area contributed by atoms with Crippen molar-refractivity contribution in [2.24, 2.45) is 0 Å². The van der Waals surface area contributed by atoms with Crippen LogP contribution in [0.1, 0.15) is 11.1 Å². The van der Waals surface area contributed by atoms with Crippen molar-refractivity contribution >= 4 is 22.6 Å². The lowest BCUT2D eigenvalue weighted by Gasteiger charge is -2.09. The third-order valence-electron chi connectivity index (χ3n) is 2.58. The van der Waals surface area contributed by atoms with Crippen LogP contribution < -0.4 is 4.74 Å². The van der Waals surface area contributed by atoms with Gasteiger partial charge < -0.3 is 4.74 Å². The molecule has 0 N–H and O–H groups in total. The highest BCUT2D eigenvalue weighted by Crippen LogP contribution is 2.29. The van der Waals surface area contributed by atoms with Gasteiger partial charge in [-0.05, 0) is 52.4 Å². The Morgan fingerprint density at radius 2 is 1.65 bits per heavy atom. The maximum absolute atomic E-state index is 13.3. The van der Waals surface area contributed by atoms with Crippen LogP contribution in [0.15, 0.2) is 42.5 Å². The molecule has 0 radical (unpaired) electrons. The second-order valence-corrected chi connectivity index (χ2v) is 5.22. The summed E-state index contributed by atoms with van der Waals surface area (Å²) >= 11 is 1.85. The first-order chi connectivity index (χ1) is 9.36. The lowest BCUT2D eigenvalue weighted by molar-refractivity contribution is -0.137. The lowest BCUT2D eigenvalue weighted by Crippen LogP contribution is -2.05. The van der Waals surface area contributed by atoms with Gasteiger partial charge in [0.15, 0.2) is 0 Å². The van der Waals surface area contributed by atoms with Gasteiger partial charge in [-0.3, -0.25) is 0 Å². The fourth-order valence-electron chi connectivity index (χ4n) is 1.52. The second-order valence-electron chi connectivity index (χ2n) is 4.06. The number of hydrogen-bond acceptors (Lipinski definition) is 1. The molecule has 2 aromatic carbocycles. The molecule has 106 valence electrons. The van der Waals surface area contributed by atoms with Crippen molar-refractivity contribution in [1.82, 2.24) is 0 Å². The number of rotatable bonds is 3. The van der Waals surface area contributed by atoms with Gasteiger partial charge in [-0.15, -0.1) is 0 Å². The summed E-state index contributed by atoms with van der Waals surface area (Å²) in [5.41, 5.74) is -0.126. The number of hydrogen-bond donors (Lipinski definition) is 0. The molecule has 0 saturated carbocycles. The van der Waals surface area contributed by atoms with E-state index in [1.54, 1.807) is 12.1 Å². The van der Waals surface area contributed by atoms with Crippen LogP contribution in [0.2, 0.25) is 0 Å². The third-order valence-corrected chi connectivity index (χ3v) is 3.45. The van der Waals surface area contributed by atoms with E-state index in [0.717, 1.165) is 12.1 Å². The number of halogens is 5. The number of alkyl halides is 3. The van der Waals surface area contributed by atoms with E-state index in [9.17, 15) is 17.6 Å². The van der Waals surface area contributed by atoms with Crippen LogP contribution in [0.4, 0.5) is 17.6 Å². The third kappa shape index (κ3) is 3.84. The lowest BCUT2D eigenvalue weighted by atomic mass is 10.1. The summed E-state index contributed by atoms with van der Waals surface area (Å²) < 4.78 is 56.2. The fourth-order valence-corrected chi connectivity index (χ4v) is 1.86. The summed E-state index contributed by atoms with van der Waals surface area (Å²) in [4.78, 5) is 0. The van der Waals surface area contributed by atoms with E-state index >= 15 is 0 Å². The first kappa shape index (κ1) is 15.1. The predicted octanol–water partition coefficient (Wildman–Crippen LogP) is 5.03. The molecule has 0 heterocycles. The van der Waals surface area contributed by atoms with Crippen LogP contribution in [0.25, 0.3) is 0 Å². The molecule has 0 atom stereocenters. The smallest absolute Gasteiger partial charge is 0.416 e. The largest absolute Gasteiger partial charge is 0.489 e. The van der Waals surface area contributed by atoms with Crippen molar-refractivity contribution in [2.45, 2.75) is 12.8 Å². The number of ether oxygens (including phenoxy) is 1. The van der Waals surface area contributed by atoms with E-state index in [-0.39, 0.29) is 6.61 Å². The summed E-state index contributed by atoms with van der Waals surface area (Å²) in [5.74, 6) is -0.0571. The van der Waals surface area contributed by atoms with E-state index in [0.29, 0.717) is 14.9 Å². The summed E-state index contributed by atoms with van der Waals surface area (Å²) in [6.07, 6.45) is -4.35. The molecule has 0 bridgehead atoms. The van der Waals surface area contributed by atoms with E-state index < -0.39 is 17.6 Å². The van der Waals surface area contributed by atoms with Crippen LogP contribution in [0, 0.1) is 9.39 Å². The predicted molar refractivity (Wildman–Crippen MR) is 74.9 cm³/mol. The van der Waals surface area contributed by atoms with Crippen molar-refractivity contribution < 1.29 is 22.3 Å². The Bertz CT molecular complexity index is 593. The van der Waals surface area contributed by atoms with Crippen LogP contribution in [-0.4, -0.2) is 0 Å². The Hall–Kier alpha value is -1.31. The molecule has 6 heteroatoms. The van der Waals surface area contributed by atoms with Gasteiger partial charge in [0.05, 0.1) is 5.56 Å². The van der Waals surface area contributed by atoms with Crippen molar-refractivity contribution in [3.05, 3.63) is 63.0 Å². The Morgan fingerprint density at radius 1 is 1.00 bits per heavy atom. The molecular weight excluding hydrogens is 387 g/mol. The topological polar surface area (TPSA) is 9.23 Å². The molecule has 0 saturated heterocycles. The fraction of sp³-hybridized carbons (Fsp3) is 0.143. The van der Waals surface area contributed by atoms with Crippen LogP contribution >= 0.6 is 22.6 Å². The first-order valence-electron chi connectivity index (χ1n) is 5.60. The molecule has 20 heavy (non-hydrogen) atoms. The maximum atomic E-state index is 13.3. The highest BCUT2D eigenvalue weighted by Gasteiger charge is 2.29. The van der Waals surface area contributed by atoms with Crippen LogP contribution in [0.5, 0.6) is 5.75 Å². The van der Waals surface area contributed by atoms with Gasteiger partial charge in [0.25, 0.3) is 0 Å². The normalized spacial score (nSPS) is 11.4. The highest BCUT2D eigenvalue weighted by molar-refractivity contribution is 14.1. The molecule has 1 nitrogen and oxygen atoms in total. The molecule has 0 amide bonds. The standard InChI is InChI=1S/C14H9F4IO/c15-12-7-11(5-6-13(12)19)20-8-9-1-3-10(4-2-9)14(16,17)18/h1-7H,8H2. The van der Waals surface area contributed by atoms with Gasteiger partial charge in [-0.2, -0.15) is 13.2 Å². The van der Waals surface area contributed by atoms with E-state index in [2.05, 4.69) is 0 Å². The van der Waals surface area contributed by atoms with Crippen LogP contribution in [-0.2, 0) is 12.8 Å². The molecule has 0 spiro atoms. The van der Waals surface area contributed by atoms with Gasteiger partial charge in [0, 0.05) is 9.64 Å². The van der Waals surface area contributed by atoms with Gasteiger partial charge in [-0.25, -0.2) is 4.39 Å². The second kappa shape index (κ2) is 5.99. The number of benzene rings is 2. The van der Waals surface area contributed by atoms with Crippen molar-refractivity contribution in [3.63, 3.8) is 0 Å². The van der Waals surface area contributed by atoms with Crippen molar-refractivity contribution in [1.29, 1.82) is 0 Å². The first-order valence-corrected chi connectivity index (χ1v) is 6.68. The van der Waals surface area contributed by atoms with E-state index in [4.69, 9.17) is 4.74 Å². The average molecular weight is 396 g/mol. The highest BCUT2D eigenvalue weighted by atomic mass is 127. The van der Waals surface area contributed by atoms with Gasteiger partial charge in [-0.1, -0.05) is 12.1 Å². The zero-order valence-electron chi connectivity index (χ0n) is 10.0. The van der Waals surface area contributed by atoms with Crippen molar-refractivity contribution in [2.75, 3.05) is 0 Å². The Morgan fingerprint density at radius 3 is 2.20 bits per heavy atom. The van der Waals surface area contributed by atoms with Gasteiger partial charge in [0.1, 0.15) is 18.2 Å². The van der Waals surface area contributed by atoms with Gasteiger partial charge in [0.2, 0.25) is 0 Å². The van der Waals surface area contributed by atoms with E-state index in [1.807, 2.05) is 22.6 Å². The zero-order valence-corrected chi connectivity index (χ0v) is 12.2. The molecule has 0 aliphatic rings. The maximum Gasteiger partial charge on any atom is 0.416 e. The van der Waals surface area contributed by atoms with Gasteiger partial charge >= 0.3 is 6.18 Å². The Labute approximate surface area is 126 Å². The molecule has 0 aromatic heterocycles. The molecule has 0 unspecified atom stereocenters. The summed E-state index contributed by atoms with van der Waals surface area (Å²) in [6.45, 7) is 0.0815. The molecule has 2 rings (SSSR count).